The van der Waals surface area contributed by atoms with Crippen molar-refractivity contribution in [2.45, 2.75) is 37.9 Å². The van der Waals surface area contributed by atoms with Crippen LogP contribution in [0.4, 0.5) is 0 Å². The molecule has 4 nitrogen and oxygen atoms in total. The smallest absolute Gasteiger partial charge is 0.0972 e. The van der Waals surface area contributed by atoms with E-state index < -0.39 is 0 Å². The first kappa shape index (κ1) is 11.2. The van der Waals surface area contributed by atoms with Crippen LogP contribution in [0, 0.1) is 11.3 Å². The van der Waals surface area contributed by atoms with Gasteiger partial charge in [0.2, 0.25) is 0 Å². The Kier molecular flexibility index (Phi) is 2.99. The van der Waals surface area contributed by atoms with E-state index in [2.05, 4.69) is 27.0 Å². The van der Waals surface area contributed by atoms with Crippen LogP contribution in [0.2, 0.25) is 0 Å². The van der Waals surface area contributed by atoms with Crippen molar-refractivity contribution in [1.82, 2.24) is 14.9 Å². The molecule has 3 rings (SSSR count). The predicted molar refractivity (Wildman–Crippen MR) is 69.9 cm³/mol. The molecule has 0 amide bonds. The summed E-state index contributed by atoms with van der Waals surface area (Å²) < 4.78 is 2.12. The van der Waals surface area contributed by atoms with Gasteiger partial charge in [0.1, 0.15) is 0 Å². The highest BCUT2D eigenvalue weighted by molar-refractivity contribution is 5.74. The van der Waals surface area contributed by atoms with Crippen LogP contribution < -0.4 is 5.32 Å². The zero-order valence-corrected chi connectivity index (χ0v) is 10.2. The maximum atomic E-state index is 9.11. The van der Waals surface area contributed by atoms with E-state index in [0.29, 0.717) is 6.04 Å². The molecule has 0 bridgehead atoms. The van der Waals surface area contributed by atoms with Crippen molar-refractivity contribution in [3.63, 3.8) is 0 Å². The molecule has 1 fully saturated rings. The average molecular weight is 240 g/mol. The minimum atomic E-state index is -0.0429. The van der Waals surface area contributed by atoms with Gasteiger partial charge >= 0.3 is 0 Å². The quantitative estimate of drug-likeness (QED) is 0.870. The molecule has 4 heteroatoms. The molecule has 1 N–H and O–H groups in total. The maximum absolute atomic E-state index is 9.11. The number of rotatable bonds is 5. The molecule has 1 aromatic heterocycles. The number of imidazole rings is 1. The van der Waals surface area contributed by atoms with Crippen molar-refractivity contribution in [2.24, 2.45) is 0 Å². The van der Waals surface area contributed by atoms with Crippen molar-refractivity contribution in [3.8, 4) is 6.07 Å². The monoisotopic (exact) mass is 240 g/mol. The molecule has 0 aliphatic heterocycles. The maximum Gasteiger partial charge on any atom is 0.0972 e. The molecule has 1 aromatic carbocycles. The lowest BCUT2D eigenvalue weighted by Gasteiger charge is -2.11. The van der Waals surface area contributed by atoms with Crippen LogP contribution in [-0.4, -0.2) is 21.6 Å². The van der Waals surface area contributed by atoms with Crippen LogP contribution in [0.25, 0.3) is 11.0 Å². The normalized spacial score (nSPS) is 16.6. The zero-order valence-electron chi connectivity index (χ0n) is 10.2. The summed E-state index contributed by atoms with van der Waals surface area (Å²) in [4.78, 5) is 4.36. The highest BCUT2D eigenvalue weighted by Gasteiger charge is 2.24. The third-order valence-corrected chi connectivity index (χ3v) is 3.36. The van der Waals surface area contributed by atoms with E-state index in [1.54, 1.807) is 0 Å². The largest absolute Gasteiger partial charge is 0.330 e. The van der Waals surface area contributed by atoms with Crippen LogP contribution in [-0.2, 0) is 6.54 Å². The second-order valence-corrected chi connectivity index (χ2v) is 4.84. The molecule has 0 spiro atoms. The van der Waals surface area contributed by atoms with Gasteiger partial charge in [-0.25, -0.2) is 4.98 Å². The molecule has 92 valence electrons. The number of para-hydroxylation sites is 2. The molecule has 1 aliphatic rings. The fourth-order valence-electron chi connectivity index (χ4n) is 2.18. The Morgan fingerprint density at radius 2 is 2.28 bits per heavy atom. The number of aryl methyl sites for hydroxylation is 1. The van der Waals surface area contributed by atoms with Crippen LogP contribution in [0.5, 0.6) is 0 Å². The number of nitrogens with one attached hydrogen (secondary N) is 1. The molecule has 1 heterocycles. The van der Waals surface area contributed by atoms with Gasteiger partial charge in [-0.1, -0.05) is 12.1 Å². The van der Waals surface area contributed by atoms with Crippen LogP contribution in [0.15, 0.2) is 30.6 Å². The van der Waals surface area contributed by atoms with Gasteiger partial charge in [0.25, 0.3) is 0 Å². The highest BCUT2D eigenvalue weighted by Crippen LogP contribution is 2.20. The van der Waals surface area contributed by atoms with Crippen molar-refractivity contribution in [2.75, 3.05) is 0 Å². The van der Waals surface area contributed by atoms with E-state index in [4.69, 9.17) is 5.26 Å². The van der Waals surface area contributed by atoms with Gasteiger partial charge in [-0.2, -0.15) is 5.26 Å². The summed E-state index contributed by atoms with van der Waals surface area (Å²) >= 11 is 0. The predicted octanol–water partition coefficient (Wildman–Crippen LogP) is 2.07. The van der Waals surface area contributed by atoms with E-state index in [1.807, 2.05) is 24.5 Å². The Bertz CT molecular complexity index is 577. The van der Waals surface area contributed by atoms with Crippen LogP contribution in [0.3, 0.4) is 0 Å². The van der Waals surface area contributed by atoms with E-state index in [-0.39, 0.29) is 6.04 Å². The Balaban J connectivity index is 1.66. The molecular weight excluding hydrogens is 224 g/mol. The van der Waals surface area contributed by atoms with Crippen molar-refractivity contribution in [3.05, 3.63) is 30.6 Å². The summed E-state index contributed by atoms with van der Waals surface area (Å²) in [5.74, 6) is 0. The lowest BCUT2D eigenvalue weighted by Crippen LogP contribution is -2.30. The first-order valence-electron chi connectivity index (χ1n) is 6.42. The fraction of sp³-hybridized carbons (Fsp3) is 0.429. The fourth-order valence-corrected chi connectivity index (χ4v) is 2.18. The molecule has 2 aromatic rings. The zero-order chi connectivity index (χ0) is 12.4. The first-order valence-corrected chi connectivity index (χ1v) is 6.42. The van der Waals surface area contributed by atoms with E-state index in [0.717, 1.165) is 24.0 Å². The molecular formula is C14H16N4. The minimum Gasteiger partial charge on any atom is -0.330 e. The third kappa shape index (κ3) is 2.36. The number of hydrogen-bond acceptors (Lipinski definition) is 3. The second kappa shape index (κ2) is 4.79. The summed E-state index contributed by atoms with van der Waals surface area (Å²) in [6.07, 6.45) is 5.11. The lowest BCUT2D eigenvalue weighted by molar-refractivity contribution is 0.519. The third-order valence-electron chi connectivity index (χ3n) is 3.36. The topological polar surface area (TPSA) is 53.6 Å². The number of hydrogen-bond donors (Lipinski definition) is 1. The molecule has 1 unspecified atom stereocenters. The summed E-state index contributed by atoms with van der Waals surface area (Å²) in [6, 6.07) is 11.0. The highest BCUT2D eigenvalue weighted by atomic mass is 15.1. The SMILES string of the molecule is N#CC(CCn1cnc2ccccc21)NC1CC1. The van der Waals surface area contributed by atoms with Crippen molar-refractivity contribution in [1.29, 1.82) is 5.26 Å². The first-order chi connectivity index (χ1) is 8.86. The van der Waals surface area contributed by atoms with Gasteiger partial charge in [0, 0.05) is 12.6 Å². The Labute approximate surface area is 106 Å². The van der Waals surface area contributed by atoms with Crippen molar-refractivity contribution < 1.29 is 0 Å². The van der Waals surface area contributed by atoms with E-state index in [1.165, 1.54) is 12.8 Å². The number of fused-ring (bicyclic) bond motifs is 1. The van der Waals surface area contributed by atoms with Gasteiger partial charge in [0.15, 0.2) is 0 Å². The van der Waals surface area contributed by atoms with Crippen molar-refractivity contribution >= 4 is 11.0 Å². The Morgan fingerprint density at radius 3 is 3.06 bits per heavy atom. The summed E-state index contributed by atoms with van der Waals surface area (Å²) in [7, 11) is 0. The Morgan fingerprint density at radius 1 is 1.44 bits per heavy atom. The van der Waals surface area contributed by atoms with Crippen LogP contribution in [0.1, 0.15) is 19.3 Å². The molecule has 0 radical (unpaired) electrons. The second-order valence-electron chi connectivity index (χ2n) is 4.84. The van der Waals surface area contributed by atoms with E-state index >= 15 is 0 Å². The standard InChI is InChI=1S/C14H16N4/c15-9-12(17-11-5-6-11)7-8-18-10-16-13-3-1-2-4-14(13)18/h1-4,10-12,17H,5-8H2. The van der Waals surface area contributed by atoms with Crippen LogP contribution >= 0.6 is 0 Å². The number of aromatic nitrogens is 2. The van der Waals surface area contributed by atoms with Gasteiger partial charge in [-0.15, -0.1) is 0 Å². The number of benzene rings is 1. The molecule has 1 atom stereocenters. The number of nitriles is 1. The average Bonchev–Trinajstić information content (AvgIpc) is 3.13. The summed E-state index contributed by atoms with van der Waals surface area (Å²) in [5.41, 5.74) is 2.15. The molecule has 1 saturated carbocycles. The minimum absolute atomic E-state index is 0.0429. The summed E-state index contributed by atoms with van der Waals surface area (Å²) in [6.45, 7) is 0.832. The van der Waals surface area contributed by atoms with Gasteiger partial charge < -0.3 is 4.57 Å². The lowest BCUT2D eigenvalue weighted by atomic mass is 10.2. The molecule has 1 aliphatic carbocycles. The van der Waals surface area contributed by atoms with Gasteiger partial charge in [0.05, 0.1) is 29.5 Å². The van der Waals surface area contributed by atoms with Gasteiger partial charge in [-0.3, -0.25) is 5.32 Å². The number of nitrogens with zero attached hydrogens (tertiary/aromatic N) is 3. The van der Waals surface area contributed by atoms with E-state index in [9.17, 15) is 0 Å². The summed E-state index contributed by atoms with van der Waals surface area (Å²) in [5, 5.41) is 12.5. The molecule has 0 saturated heterocycles. The Hall–Kier alpha value is -1.86. The molecule has 18 heavy (non-hydrogen) atoms. The van der Waals surface area contributed by atoms with Gasteiger partial charge in [-0.05, 0) is 31.4 Å².